The zero-order valence-electron chi connectivity index (χ0n) is 10.9. The number of rotatable bonds is 4. The molecule has 0 saturated heterocycles. The Morgan fingerprint density at radius 1 is 1.25 bits per heavy atom. The van der Waals surface area contributed by atoms with E-state index < -0.39 is 0 Å². The second kappa shape index (κ2) is 6.38. The van der Waals surface area contributed by atoms with Gasteiger partial charge >= 0.3 is 0 Å². The van der Waals surface area contributed by atoms with Gasteiger partial charge in [-0.3, -0.25) is 4.79 Å². The van der Waals surface area contributed by atoms with Crippen molar-refractivity contribution in [3.8, 4) is 11.5 Å². The molecule has 102 valence electrons. The Labute approximate surface area is 116 Å². The van der Waals surface area contributed by atoms with Crippen LogP contribution in [0.3, 0.4) is 0 Å². The number of aromatic hydroxyl groups is 1. The van der Waals surface area contributed by atoms with Crippen molar-refractivity contribution in [2.75, 3.05) is 7.11 Å². The summed E-state index contributed by atoms with van der Waals surface area (Å²) in [5, 5.41) is 13.3. The molecule has 0 aromatic heterocycles. The minimum absolute atomic E-state index is 0.104. The molecular formula is C15H14N2O3. The molecule has 2 rings (SSSR count). The topological polar surface area (TPSA) is 70.9 Å². The van der Waals surface area contributed by atoms with Crippen molar-refractivity contribution < 1.29 is 14.6 Å². The lowest BCUT2D eigenvalue weighted by molar-refractivity contribution is 0.0955. The molecular weight excluding hydrogens is 256 g/mol. The Morgan fingerprint density at radius 2 is 2.05 bits per heavy atom. The van der Waals surface area contributed by atoms with Crippen molar-refractivity contribution in [2.24, 2.45) is 5.10 Å². The molecule has 0 aliphatic rings. The van der Waals surface area contributed by atoms with Gasteiger partial charge in [0.25, 0.3) is 5.91 Å². The summed E-state index contributed by atoms with van der Waals surface area (Å²) in [6.07, 6.45) is 1.38. The molecule has 5 nitrogen and oxygen atoms in total. The summed E-state index contributed by atoms with van der Waals surface area (Å²) in [4.78, 5) is 11.8. The molecule has 0 aliphatic heterocycles. The molecule has 2 N–H and O–H groups in total. The first-order chi connectivity index (χ1) is 9.70. The first-order valence-electron chi connectivity index (χ1n) is 5.96. The van der Waals surface area contributed by atoms with Gasteiger partial charge in [0, 0.05) is 11.1 Å². The van der Waals surface area contributed by atoms with Crippen LogP contribution in [0.15, 0.2) is 53.6 Å². The number of para-hydroxylation sites is 1. The van der Waals surface area contributed by atoms with E-state index >= 15 is 0 Å². The van der Waals surface area contributed by atoms with Gasteiger partial charge in [-0.05, 0) is 30.3 Å². The number of methoxy groups -OCH3 is 1. The highest BCUT2D eigenvalue weighted by Gasteiger charge is 2.05. The maximum atomic E-state index is 11.8. The zero-order valence-corrected chi connectivity index (χ0v) is 10.9. The monoisotopic (exact) mass is 270 g/mol. The molecule has 0 saturated carbocycles. The maximum Gasteiger partial charge on any atom is 0.271 e. The molecule has 2 aromatic rings. The van der Waals surface area contributed by atoms with Crippen LogP contribution in [0.25, 0.3) is 0 Å². The predicted octanol–water partition coefficient (Wildman–Crippen LogP) is 2.16. The van der Waals surface area contributed by atoms with Crippen molar-refractivity contribution in [1.29, 1.82) is 0 Å². The Morgan fingerprint density at radius 3 is 2.80 bits per heavy atom. The van der Waals surface area contributed by atoms with Gasteiger partial charge in [-0.25, -0.2) is 5.43 Å². The SMILES string of the molecule is COc1cccc(C(=O)N/N=C\c2ccccc2O)c1. The average Bonchev–Trinajstić information content (AvgIpc) is 2.49. The second-order valence-electron chi connectivity index (χ2n) is 3.99. The lowest BCUT2D eigenvalue weighted by Gasteiger charge is -2.03. The van der Waals surface area contributed by atoms with Crippen LogP contribution < -0.4 is 10.2 Å². The van der Waals surface area contributed by atoms with Crippen LogP contribution in [0.2, 0.25) is 0 Å². The number of amides is 1. The summed E-state index contributed by atoms with van der Waals surface area (Å²) >= 11 is 0. The Hall–Kier alpha value is -2.82. The number of nitrogens with zero attached hydrogens (tertiary/aromatic N) is 1. The minimum atomic E-state index is -0.351. The predicted molar refractivity (Wildman–Crippen MR) is 76.2 cm³/mol. The third kappa shape index (κ3) is 3.35. The third-order valence-electron chi connectivity index (χ3n) is 2.64. The fourth-order valence-corrected chi connectivity index (χ4v) is 1.59. The fourth-order valence-electron chi connectivity index (χ4n) is 1.59. The van der Waals surface area contributed by atoms with Gasteiger partial charge < -0.3 is 9.84 Å². The molecule has 0 unspecified atom stereocenters. The van der Waals surface area contributed by atoms with Gasteiger partial charge in [0.2, 0.25) is 0 Å². The van der Waals surface area contributed by atoms with Gasteiger partial charge in [-0.2, -0.15) is 5.10 Å². The smallest absolute Gasteiger partial charge is 0.271 e. The normalized spacial score (nSPS) is 10.4. The van der Waals surface area contributed by atoms with Crippen molar-refractivity contribution in [1.82, 2.24) is 5.43 Å². The molecule has 0 aliphatic carbocycles. The van der Waals surface area contributed by atoms with E-state index in [4.69, 9.17) is 4.74 Å². The highest BCUT2D eigenvalue weighted by atomic mass is 16.5. The Balaban J connectivity index is 2.03. The van der Waals surface area contributed by atoms with Crippen molar-refractivity contribution in [3.63, 3.8) is 0 Å². The molecule has 0 spiro atoms. The van der Waals surface area contributed by atoms with E-state index in [0.29, 0.717) is 16.9 Å². The summed E-state index contributed by atoms with van der Waals surface area (Å²) in [7, 11) is 1.54. The summed E-state index contributed by atoms with van der Waals surface area (Å²) in [6, 6.07) is 13.5. The van der Waals surface area contributed by atoms with Crippen LogP contribution >= 0.6 is 0 Å². The number of phenols is 1. The van der Waals surface area contributed by atoms with E-state index in [1.54, 1.807) is 48.5 Å². The van der Waals surface area contributed by atoms with Gasteiger partial charge in [-0.15, -0.1) is 0 Å². The molecule has 0 bridgehead atoms. The molecule has 0 radical (unpaired) electrons. The molecule has 0 heterocycles. The number of carbonyl (C=O) groups is 1. The van der Waals surface area contributed by atoms with Gasteiger partial charge in [0.05, 0.1) is 13.3 Å². The van der Waals surface area contributed by atoms with Crippen LogP contribution in [-0.4, -0.2) is 24.3 Å². The molecule has 1 amide bonds. The maximum absolute atomic E-state index is 11.8. The number of benzene rings is 2. The number of hydrogen-bond acceptors (Lipinski definition) is 4. The highest BCUT2D eigenvalue weighted by molar-refractivity contribution is 5.95. The summed E-state index contributed by atoms with van der Waals surface area (Å²) in [5.41, 5.74) is 3.36. The average molecular weight is 270 g/mol. The fraction of sp³-hybridized carbons (Fsp3) is 0.0667. The van der Waals surface area contributed by atoms with E-state index in [1.165, 1.54) is 13.3 Å². The van der Waals surface area contributed by atoms with Gasteiger partial charge in [0.15, 0.2) is 0 Å². The highest BCUT2D eigenvalue weighted by Crippen LogP contribution is 2.13. The van der Waals surface area contributed by atoms with Gasteiger partial charge in [-0.1, -0.05) is 18.2 Å². The lowest BCUT2D eigenvalue weighted by atomic mass is 10.2. The van der Waals surface area contributed by atoms with Crippen LogP contribution in [0.4, 0.5) is 0 Å². The van der Waals surface area contributed by atoms with E-state index in [1.807, 2.05) is 0 Å². The lowest BCUT2D eigenvalue weighted by Crippen LogP contribution is -2.17. The van der Waals surface area contributed by atoms with E-state index in [0.717, 1.165) is 0 Å². The molecule has 0 atom stereocenters. The minimum Gasteiger partial charge on any atom is -0.507 e. The van der Waals surface area contributed by atoms with Crippen LogP contribution in [0.1, 0.15) is 15.9 Å². The van der Waals surface area contributed by atoms with E-state index in [-0.39, 0.29) is 11.7 Å². The standard InChI is InChI=1S/C15H14N2O3/c1-20-13-7-4-6-11(9-13)15(19)17-16-10-12-5-2-3-8-14(12)18/h2-10,18H,1H3,(H,17,19)/b16-10-. The number of hydrazone groups is 1. The molecule has 20 heavy (non-hydrogen) atoms. The summed E-state index contributed by atoms with van der Waals surface area (Å²) < 4.78 is 5.04. The third-order valence-corrected chi connectivity index (χ3v) is 2.64. The Bertz CT molecular complexity index is 639. The number of carbonyl (C=O) groups excluding carboxylic acids is 1. The van der Waals surface area contributed by atoms with Crippen molar-refractivity contribution in [2.45, 2.75) is 0 Å². The van der Waals surface area contributed by atoms with E-state index in [2.05, 4.69) is 10.5 Å². The quantitative estimate of drug-likeness (QED) is 0.660. The first kappa shape index (κ1) is 13.6. The Kier molecular flexibility index (Phi) is 4.34. The molecule has 0 fully saturated rings. The van der Waals surface area contributed by atoms with Crippen LogP contribution in [0, 0.1) is 0 Å². The van der Waals surface area contributed by atoms with Crippen LogP contribution in [-0.2, 0) is 0 Å². The number of nitrogens with one attached hydrogen (secondary N) is 1. The zero-order chi connectivity index (χ0) is 14.4. The number of phenolic OH excluding ortho intramolecular Hbond substituents is 1. The second-order valence-corrected chi connectivity index (χ2v) is 3.99. The van der Waals surface area contributed by atoms with E-state index in [9.17, 15) is 9.90 Å². The number of hydrogen-bond donors (Lipinski definition) is 2. The summed E-state index contributed by atoms with van der Waals surface area (Å²) in [5.74, 6) is 0.352. The molecule has 2 aromatic carbocycles. The van der Waals surface area contributed by atoms with Crippen molar-refractivity contribution in [3.05, 3.63) is 59.7 Å². The van der Waals surface area contributed by atoms with Crippen molar-refractivity contribution >= 4 is 12.1 Å². The summed E-state index contributed by atoms with van der Waals surface area (Å²) in [6.45, 7) is 0. The van der Waals surface area contributed by atoms with Gasteiger partial charge in [0.1, 0.15) is 11.5 Å². The number of ether oxygens (including phenoxy) is 1. The molecule has 5 heteroatoms. The van der Waals surface area contributed by atoms with Crippen LogP contribution in [0.5, 0.6) is 11.5 Å². The first-order valence-corrected chi connectivity index (χ1v) is 5.96. The largest absolute Gasteiger partial charge is 0.507 e.